The van der Waals surface area contributed by atoms with Crippen LogP contribution in [0, 0.1) is 13.8 Å². The van der Waals surface area contributed by atoms with E-state index in [0.29, 0.717) is 40.7 Å². The zero-order valence-corrected chi connectivity index (χ0v) is 19.3. The fourth-order valence-corrected chi connectivity index (χ4v) is 4.46. The average molecular weight is 456 g/mol. The van der Waals surface area contributed by atoms with Crippen molar-refractivity contribution < 1.29 is 14.3 Å². The maximum Gasteiger partial charge on any atom is 0.278 e. The normalized spacial score (nSPS) is 11.9. The van der Waals surface area contributed by atoms with Gasteiger partial charge in [-0.05, 0) is 55.3 Å². The monoisotopic (exact) mass is 455 g/mol. The van der Waals surface area contributed by atoms with Gasteiger partial charge in [-0.3, -0.25) is 9.59 Å². The lowest BCUT2D eigenvalue weighted by Crippen LogP contribution is -2.27. The number of aryl methyl sites for hydroxylation is 2. The first-order valence-corrected chi connectivity index (χ1v) is 11.1. The topological polar surface area (TPSA) is 74.5 Å². The largest absolute Gasteiger partial charge is 0.493 e. The summed E-state index contributed by atoms with van der Waals surface area (Å²) in [6, 6.07) is 20.7. The number of fused-ring (bicyclic) bond motifs is 2. The number of methoxy groups -OCH3 is 1. The summed E-state index contributed by atoms with van der Waals surface area (Å²) >= 11 is 0. The molecule has 1 aromatic heterocycles. The standard InChI is InChI=1S/C27H25N3O4/c1-17-12-18(2)14-20(13-17)28-24(31)16-29-27-22(26(32)30(29)21-9-5-4-6-10-21)15-19-8-7-11-23(33-3)25(19)34-27/h4-14H,15-16H2,1-3H3,(H,28,31). The summed E-state index contributed by atoms with van der Waals surface area (Å²) in [5.41, 5.74) is 4.63. The molecular formula is C27H25N3O4. The molecule has 34 heavy (non-hydrogen) atoms. The second kappa shape index (κ2) is 8.59. The number of aromatic nitrogens is 2. The smallest absolute Gasteiger partial charge is 0.278 e. The van der Waals surface area contributed by atoms with E-state index >= 15 is 0 Å². The van der Waals surface area contributed by atoms with E-state index in [1.807, 2.05) is 80.6 Å². The molecule has 0 bridgehead atoms. The van der Waals surface area contributed by atoms with Crippen molar-refractivity contribution in [1.82, 2.24) is 9.36 Å². The molecule has 7 nitrogen and oxygen atoms in total. The van der Waals surface area contributed by atoms with E-state index < -0.39 is 0 Å². The van der Waals surface area contributed by atoms with Gasteiger partial charge in [0.2, 0.25) is 11.8 Å². The molecule has 3 aromatic carbocycles. The summed E-state index contributed by atoms with van der Waals surface area (Å²) in [5.74, 6) is 1.23. The predicted molar refractivity (Wildman–Crippen MR) is 130 cm³/mol. The molecule has 1 aliphatic heterocycles. The van der Waals surface area contributed by atoms with E-state index in [9.17, 15) is 9.59 Å². The van der Waals surface area contributed by atoms with Crippen molar-refractivity contribution in [3.63, 3.8) is 0 Å². The number of rotatable bonds is 5. The molecular weight excluding hydrogens is 430 g/mol. The summed E-state index contributed by atoms with van der Waals surface area (Å²) in [7, 11) is 1.58. The minimum atomic E-state index is -0.262. The van der Waals surface area contributed by atoms with Crippen molar-refractivity contribution in [3.8, 4) is 23.1 Å². The Hall–Kier alpha value is -4.26. The van der Waals surface area contributed by atoms with E-state index in [1.165, 1.54) is 4.68 Å². The van der Waals surface area contributed by atoms with Gasteiger partial charge >= 0.3 is 0 Å². The van der Waals surface area contributed by atoms with Gasteiger partial charge in [0.15, 0.2) is 11.5 Å². The highest BCUT2D eigenvalue weighted by Crippen LogP contribution is 2.41. The number of nitrogens with zero attached hydrogens (tertiary/aromatic N) is 2. The molecule has 172 valence electrons. The first-order chi connectivity index (χ1) is 16.4. The Morgan fingerprint density at radius 3 is 2.47 bits per heavy atom. The third-order valence-corrected chi connectivity index (χ3v) is 5.83. The van der Waals surface area contributed by atoms with Crippen molar-refractivity contribution in [2.75, 3.05) is 12.4 Å². The van der Waals surface area contributed by atoms with E-state index in [4.69, 9.17) is 9.47 Å². The van der Waals surface area contributed by atoms with Crippen LogP contribution in [0.1, 0.15) is 22.3 Å². The van der Waals surface area contributed by atoms with Crippen LogP contribution < -0.4 is 20.3 Å². The molecule has 0 aliphatic carbocycles. The molecule has 4 aromatic rings. The van der Waals surface area contributed by atoms with Crippen molar-refractivity contribution in [2.24, 2.45) is 0 Å². The summed E-state index contributed by atoms with van der Waals surface area (Å²) in [5, 5.41) is 2.95. The lowest BCUT2D eigenvalue weighted by molar-refractivity contribution is -0.117. The third kappa shape index (κ3) is 3.85. The van der Waals surface area contributed by atoms with Crippen LogP contribution in [0.5, 0.6) is 17.4 Å². The molecule has 0 spiro atoms. The molecule has 7 heteroatoms. The van der Waals surface area contributed by atoms with Gasteiger partial charge in [0.1, 0.15) is 6.54 Å². The molecule has 1 aliphatic rings. The van der Waals surface area contributed by atoms with Crippen LogP contribution in [0.4, 0.5) is 5.69 Å². The Balaban J connectivity index is 1.58. The maximum atomic E-state index is 13.5. The van der Waals surface area contributed by atoms with Crippen molar-refractivity contribution >= 4 is 11.6 Å². The van der Waals surface area contributed by atoms with Crippen LogP contribution >= 0.6 is 0 Å². The van der Waals surface area contributed by atoms with Crippen LogP contribution in [-0.4, -0.2) is 22.4 Å². The van der Waals surface area contributed by atoms with Crippen molar-refractivity contribution in [1.29, 1.82) is 0 Å². The fourth-order valence-electron chi connectivity index (χ4n) is 4.46. The second-order valence-electron chi connectivity index (χ2n) is 8.45. The van der Waals surface area contributed by atoms with Gasteiger partial charge < -0.3 is 14.8 Å². The number of benzene rings is 3. The second-order valence-corrected chi connectivity index (χ2v) is 8.45. The van der Waals surface area contributed by atoms with E-state index in [2.05, 4.69) is 5.32 Å². The van der Waals surface area contributed by atoms with Gasteiger partial charge in [0.05, 0.1) is 18.4 Å². The van der Waals surface area contributed by atoms with Crippen LogP contribution in [0.2, 0.25) is 0 Å². The number of amides is 1. The van der Waals surface area contributed by atoms with Crippen molar-refractivity contribution in [2.45, 2.75) is 26.8 Å². The maximum absolute atomic E-state index is 13.5. The van der Waals surface area contributed by atoms with Crippen LogP contribution in [-0.2, 0) is 17.8 Å². The molecule has 0 saturated carbocycles. The minimum Gasteiger partial charge on any atom is -0.493 e. The molecule has 1 amide bonds. The minimum absolute atomic E-state index is 0.100. The van der Waals surface area contributed by atoms with Crippen LogP contribution in [0.15, 0.2) is 71.5 Å². The number of hydrogen-bond donors (Lipinski definition) is 1. The fraction of sp³-hybridized carbons (Fsp3) is 0.185. The molecule has 1 N–H and O–H groups in total. The predicted octanol–water partition coefficient (Wildman–Crippen LogP) is 4.60. The number of carbonyl (C=O) groups excluding carboxylic acids is 1. The third-order valence-electron chi connectivity index (χ3n) is 5.83. The Kier molecular flexibility index (Phi) is 5.45. The summed E-state index contributed by atoms with van der Waals surface area (Å²) < 4.78 is 14.8. The Bertz CT molecular complexity index is 1430. The highest BCUT2D eigenvalue weighted by molar-refractivity contribution is 5.90. The molecule has 0 unspecified atom stereocenters. The quantitative estimate of drug-likeness (QED) is 0.420. The van der Waals surface area contributed by atoms with Gasteiger partial charge in [-0.15, -0.1) is 0 Å². The Morgan fingerprint density at radius 2 is 1.76 bits per heavy atom. The molecule has 2 heterocycles. The number of hydrogen-bond acceptors (Lipinski definition) is 4. The van der Waals surface area contributed by atoms with Gasteiger partial charge in [-0.25, -0.2) is 9.36 Å². The lowest BCUT2D eigenvalue weighted by atomic mass is 10.0. The van der Waals surface area contributed by atoms with E-state index in [0.717, 1.165) is 16.7 Å². The van der Waals surface area contributed by atoms with Gasteiger partial charge in [-0.1, -0.05) is 36.4 Å². The van der Waals surface area contributed by atoms with E-state index in [1.54, 1.807) is 11.8 Å². The Morgan fingerprint density at radius 1 is 1.03 bits per heavy atom. The number of carbonyl (C=O) groups is 1. The van der Waals surface area contributed by atoms with Gasteiger partial charge in [-0.2, -0.15) is 0 Å². The number of ether oxygens (including phenoxy) is 2. The summed E-state index contributed by atoms with van der Waals surface area (Å²) in [4.78, 5) is 26.7. The number of para-hydroxylation sites is 2. The summed E-state index contributed by atoms with van der Waals surface area (Å²) in [6.45, 7) is 3.87. The zero-order chi connectivity index (χ0) is 23.8. The van der Waals surface area contributed by atoms with Gasteiger partial charge in [0.25, 0.3) is 5.56 Å². The van der Waals surface area contributed by atoms with Crippen molar-refractivity contribution in [3.05, 3.63) is 99.3 Å². The highest BCUT2D eigenvalue weighted by Gasteiger charge is 2.30. The lowest BCUT2D eigenvalue weighted by Gasteiger charge is -2.21. The SMILES string of the molecule is COc1cccc2c1Oc1c(c(=O)n(-c3ccccc3)n1CC(=O)Nc1cc(C)cc(C)c1)C2. The molecule has 5 rings (SSSR count). The zero-order valence-electron chi connectivity index (χ0n) is 19.3. The molecule has 0 fully saturated rings. The van der Waals surface area contributed by atoms with Gasteiger partial charge in [0, 0.05) is 17.7 Å². The van der Waals surface area contributed by atoms with E-state index in [-0.39, 0.29) is 18.0 Å². The first kappa shape index (κ1) is 21.6. The number of anilines is 1. The van der Waals surface area contributed by atoms with Crippen LogP contribution in [0.3, 0.4) is 0 Å². The first-order valence-electron chi connectivity index (χ1n) is 11.1. The molecule has 0 radical (unpaired) electrons. The highest BCUT2D eigenvalue weighted by atomic mass is 16.5. The average Bonchev–Trinajstić information content (AvgIpc) is 3.07. The summed E-state index contributed by atoms with van der Waals surface area (Å²) in [6.07, 6.45) is 0.388. The molecule has 0 saturated heterocycles. The number of nitrogens with one attached hydrogen (secondary N) is 1. The Labute approximate surface area is 197 Å². The van der Waals surface area contributed by atoms with Crippen LogP contribution in [0.25, 0.3) is 5.69 Å². The molecule has 0 atom stereocenters.